The topological polar surface area (TPSA) is 29.3 Å². The van der Waals surface area contributed by atoms with Crippen molar-refractivity contribution < 1.29 is 0 Å². The lowest BCUT2D eigenvalue weighted by Crippen LogP contribution is -2.33. The molecule has 0 radical (unpaired) electrons. The van der Waals surface area contributed by atoms with Crippen molar-refractivity contribution in [2.24, 2.45) is 5.73 Å². The number of hydrogen-bond acceptors (Lipinski definition) is 2. The summed E-state index contributed by atoms with van der Waals surface area (Å²) in [6, 6.07) is 7.21. The van der Waals surface area contributed by atoms with Crippen LogP contribution in [0.3, 0.4) is 0 Å². The smallest absolute Gasteiger partial charge is 0.0410 e. The number of hydrogen-bond donors (Lipinski definition) is 1. The molecule has 1 aromatic rings. The van der Waals surface area contributed by atoms with Crippen molar-refractivity contribution in [3.63, 3.8) is 0 Å². The molecule has 0 saturated heterocycles. The normalized spacial score (nSPS) is 21.6. The van der Waals surface area contributed by atoms with Gasteiger partial charge in [-0.05, 0) is 37.5 Å². The number of likely N-dealkylation sites (N-methyl/N-ethyl adjacent to an activating group) is 1. The molecule has 1 aliphatic rings. The lowest BCUT2D eigenvalue weighted by molar-refractivity contribution is 0.543. The Labute approximate surface area is 99.6 Å². The van der Waals surface area contributed by atoms with Gasteiger partial charge in [-0.2, -0.15) is 0 Å². The summed E-state index contributed by atoms with van der Waals surface area (Å²) in [7, 11) is 2.16. The molecule has 0 bridgehead atoms. The molecule has 0 saturated carbocycles. The van der Waals surface area contributed by atoms with E-state index in [-0.39, 0.29) is 6.04 Å². The van der Waals surface area contributed by atoms with E-state index in [0.29, 0.717) is 6.04 Å². The first-order chi connectivity index (χ1) is 7.09. The number of benzene rings is 1. The van der Waals surface area contributed by atoms with Crippen LogP contribution in [-0.2, 0) is 6.42 Å². The third kappa shape index (κ3) is 2.04. The van der Waals surface area contributed by atoms with Crippen LogP contribution in [0.1, 0.15) is 18.9 Å². The minimum absolute atomic E-state index is 0.269. The lowest BCUT2D eigenvalue weighted by Gasteiger charge is -2.23. The SMILES string of the molecule is CC(N)CC1Cc2c(Br)cccc2N1C. The molecule has 3 heteroatoms. The van der Waals surface area contributed by atoms with E-state index in [9.17, 15) is 0 Å². The van der Waals surface area contributed by atoms with Gasteiger partial charge in [0, 0.05) is 29.3 Å². The minimum atomic E-state index is 0.269. The van der Waals surface area contributed by atoms with Gasteiger partial charge in [-0.15, -0.1) is 0 Å². The van der Waals surface area contributed by atoms with Gasteiger partial charge in [0.2, 0.25) is 0 Å². The van der Waals surface area contributed by atoms with Gasteiger partial charge in [0.15, 0.2) is 0 Å². The second-order valence-corrected chi connectivity index (χ2v) is 5.27. The van der Waals surface area contributed by atoms with Crippen LogP contribution in [0.2, 0.25) is 0 Å². The van der Waals surface area contributed by atoms with E-state index in [0.717, 1.165) is 12.8 Å². The Balaban J connectivity index is 2.25. The van der Waals surface area contributed by atoms with Crippen LogP contribution < -0.4 is 10.6 Å². The Hall–Kier alpha value is -0.540. The average Bonchev–Trinajstić information content (AvgIpc) is 2.46. The Bertz CT molecular complexity index is 363. The predicted molar refractivity (Wildman–Crippen MR) is 68.3 cm³/mol. The maximum atomic E-state index is 5.87. The predicted octanol–water partition coefficient (Wildman–Crippen LogP) is 2.55. The summed E-state index contributed by atoms with van der Waals surface area (Å²) >= 11 is 3.61. The van der Waals surface area contributed by atoms with E-state index in [2.05, 4.69) is 53.0 Å². The molecule has 2 atom stereocenters. The molecule has 0 amide bonds. The first-order valence-corrected chi connectivity index (χ1v) is 6.14. The molecule has 2 rings (SSSR count). The average molecular weight is 269 g/mol. The lowest BCUT2D eigenvalue weighted by atomic mass is 10.0. The summed E-state index contributed by atoms with van der Waals surface area (Å²) in [4.78, 5) is 2.35. The standard InChI is InChI=1S/C12H17BrN2/c1-8(14)6-9-7-10-11(13)4-3-5-12(10)15(9)2/h3-5,8-9H,6-7,14H2,1-2H3. The van der Waals surface area contributed by atoms with Gasteiger partial charge < -0.3 is 10.6 Å². The number of nitrogens with zero attached hydrogens (tertiary/aromatic N) is 1. The summed E-state index contributed by atoms with van der Waals surface area (Å²) in [6.45, 7) is 2.08. The first kappa shape index (κ1) is 11.0. The molecular weight excluding hydrogens is 252 g/mol. The quantitative estimate of drug-likeness (QED) is 0.894. The Morgan fingerprint density at radius 2 is 2.33 bits per heavy atom. The van der Waals surface area contributed by atoms with Crippen LogP contribution in [-0.4, -0.2) is 19.1 Å². The molecule has 0 fully saturated rings. The van der Waals surface area contributed by atoms with E-state index < -0.39 is 0 Å². The van der Waals surface area contributed by atoms with Crippen LogP contribution in [0.5, 0.6) is 0 Å². The van der Waals surface area contributed by atoms with Crippen molar-refractivity contribution in [3.8, 4) is 0 Å². The molecule has 2 N–H and O–H groups in total. The first-order valence-electron chi connectivity index (χ1n) is 5.35. The zero-order valence-corrected chi connectivity index (χ0v) is 10.8. The molecule has 1 heterocycles. The van der Waals surface area contributed by atoms with Crippen LogP contribution in [0.15, 0.2) is 22.7 Å². The summed E-state index contributed by atoms with van der Waals surface area (Å²) in [5.41, 5.74) is 8.63. The molecule has 82 valence electrons. The summed E-state index contributed by atoms with van der Waals surface area (Å²) < 4.78 is 1.22. The fraction of sp³-hybridized carbons (Fsp3) is 0.500. The van der Waals surface area contributed by atoms with E-state index in [1.807, 2.05) is 0 Å². The van der Waals surface area contributed by atoms with Crippen molar-refractivity contribution in [2.45, 2.75) is 31.8 Å². The maximum Gasteiger partial charge on any atom is 0.0410 e. The van der Waals surface area contributed by atoms with Gasteiger partial charge in [-0.25, -0.2) is 0 Å². The second kappa shape index (κ2) is 4.14. The zero-order valence-electron chi connectivity index (χ0n) is 9.20. The van der Waals surface area contributed by atoms with Gasteiger partial charge >= 0.3 is 0 Å². The Kier molecular flexibility index (Phi) is 3.03. The highest BCUT2D eigenvalue weighted by Crippen LogP contribution is 2.36. The molecule has 0 spiro atoms. The Morgan fingerprint density at radius 1 is 1.60 bits per heavy atom. The fourth-order valence-corrected chi connectivity index (χ4v) is 2.84. The summed E-state index contributed by atoms with van der Waals surface area (Å²) in [5, 5.41) is 0. The van der Waals surface area contributed by atoms with Crippen molar-refractivity contribution in [2.75, 3.05) is 11.9 Å². The van der Waals surface area contributed by atoms with Crippen molar-refractivity contribution in [3.05, 3.63) is 28.2 Å². The second-order valence-electron chi connectivity index (χ2n) is 4.42. The third-order valence-electron chi connectivity index (χ3n) is 3.11. The zero-order chi connectivity index (χ0) is 11.0. The van der Waals surface area contributed by atoms with Gasteiger partial charge in [0.05, 0.1) is 0 Å². The minimum Gasteiger partial charge on any atom is -0.371 e. The molecule has 15 heavy (non-hydrogen) atoms. The van der Waals surface area contributed by atoms with Crippen LogP contribution in [0.25, 0.3) is 0 Å². The number of nitrogens with two attached hydrogens (primary N) is 1. The van der Waals surface area contributed by atoms with Crippen molar-refractivity contribution in [1.82, 2.24) is 0 Å². The third-order valence-corrected chi connectivity index (χ3v) is 3.85. The number of rotatable bonds is 2. The fourth-order valence-electron chi connectivity index (χ4n) is 2.32. The summed E-state index contributed by atoms with van der Waals surface area (Å²) in [6.07, 6.45) is 2.16. The van der Waals surface area contributed by atoms with Gasteiger partial charge in [-0.1, -0.05) is 22.0 Å². The number of halogens is 1. The summed E-state index contributed by atoms with van der Waals surface area (Å²) in [5.74, 6) is 0. The Morgan fingerprint density at radius 3 is 2.93 bits per heavy atom. The number of fused-ring (bicyclic) bond motifs is 1. The van der Waals surface area contributed by atoms with Crippen LogP contribution >= 0.6 is 15.9 Å². The van der Waals surface area contributed by atoms with Crippen LogP contribution in [0, 0.1) is 0 Å². The monoisotopic (exact) mass is 268 g/mol. The van der Waals surface area contributed by atoms with Crippen LogP contribution in [0.4, 0.5) is 5.69 Å². The highest BCUT2D eigenvalue weighted by atomic mass is 79.9. The van der Waals surface area contributed by atoms with Gasteiger partial charge in [-0.3, -0.25) is 0 Å². The molecule has 0 aromatic heterocycles. The molecule has 0 aliphatic carbocycles. The van der Waals surface area contributed by atoms with Crippen molar-refractivity contribution in [1.29, 1.82) is 0 Å². The van der Waals surface area contributed by atoms with E-state index in [1.54, 1.807) is 0 Å². The largest absolute Gasteiger partial charge is 0.371 e. The highest BCUT2D eigenvalue weighted by Gasteiger charge is 2.28. The van der Waals surface area contributed by atoms with E-state index >= 15 is 0 Å². The van der Waals surface area contributed by atoms with E-state index in [1.165, 1.54) is 15.7 Å². The number of anilines is 1. The maximum absolute atomic E-state index is 5.87. The van der Waals surface area contributed by atoms with Gasteiger partial charge in [0.1, 0.15) is 0 Å². The molecule has 2 nitrogen and oxygen atoms in total. The van der Waals surface area contributed by atoms with Gasteiger partial charge in [0.25, 0.3) is 0 Å². The molecular formula is C12H17BrN2. The molecule has 1 aliphatic heterocycles. The highest BCUT2D eigenvalue weighted by molar-refractivity contribution is 9.10. The van der Waals surface area contributed by atoms with E-state index in [4.69, 9.17) is 5.73 Å². The van der Waals surface area contributed by atoms with Crippen molar-refractivity contribution >= 4 is 21.6 Å². The molecule has 2 unspecified atom stereocenters. The molecule has 1 aromatic carbocycles.